The van der Waals surface area contributed by atoms with Gasteiger partial charge in [-0.2, -0.15) is 0 Å². The lowest BCUT2D eigenvalue weighted by molar-refractivity contribution is -0.127. The number of carbonyl (C=O) groups is 1. The quantitative estimate of drug-likeness (QED) is 0.809. The van der Waals surface area contributed by atoms with Crippen LogP contribution in [0.2, 0.25) is 0 Å². The minimum atomic E-state index is -3.50. The van der Waals surface area contributed by atoms with Gasteiger partial charge < -0.3 is 10.6 Å². The van der Waals surface area contributed by atoms with Crippen LogP contribution in [-0.4, -0.2) is 45.1 Å². The van der Waals surface area contributed by atoms with Crippen LogP contribution >= 0.6 is 0 Å². The normalized spacial score (nSPS) is 14.9. The Morgan fingerprint density at radius 2 is 2.00 bits per heavy atom. The fourth-order valence-corrected chi connectivity index (χ4v) is 3.61. The molecule has 1 aliphatic carbocycles. The summed E-state index contributed by atoms with van der Waals surface area (Å²) in [5.41, 5.74) is 6.61. The molecule has 0 bridgehead atoms. The molecule has 1 aliphatic rings. The molecule has 1 saturated carbocycles. The van der Waals surface area contributed by atoms with Crippen molar-refractivity contribution in [3.8, 4) is 0 Å². The van der Waals surface area contributed by atoms with Crippen LogP contribution in [0.4, 0.5) is 11.4 Å². The molecule has 7 heteroatoms. The van der Waals surface area contributed by atoms with Gasteiger partial charge in [0.1, 0.15) is 6.54 Å². The summed E-state index contributed by atoms with van der Waals surface area (Å²) in [5.74, 6) is -0.267. The van der Waals surface area contributed by atoms with E-state index in [0.717, 1.165) is 0 Å². The van der Waals surface area contributed by atoms with Crippen LogP contribution in [0.15, 0.2) is 24.3 Å². The number of sulfonamides is 1. The molecule has 0 unspecified atom stereocenters. The maximum atomic E-state index is 12.5. The fraction of sp³-hybridized carbons (Fsp3) is 0.462. The number of hydrogen-bond donors (Lipinski definition) is 1. The van der Waals surface area contributed by atoms with Crippen molar-refractivity contribution in [3.63, 3.8) is 0 Å². The summed E-state index contributed by atoms with van der Waals surface area (Å²) in [7, 11) is -0.294. The summed E-state index contributed by atoms with van der Waals surface area (Å²) in [6.45, 7) is -0.199. The second-order valence-electron chi connectivity index (χ2n) is 5.13. The Hall–Kier alpha value is -1.76. The maximum Gasteiger partial charge on any atom is 0.242 e. The monoisotopic (exact) mass is 297 g/mol. The van der Waals surface area contributed by atoms with Crippen molar-refractivity contribution in [1.82, 2.24) is 4.90 Å². The Morgan fingerprint density at radius 3 is 2.50 bits per heavy atom. The molecular formula is C13H19N3O3S. The molecule has 6 nitrogen and oxygen atoms in total. The van der Waals surface area contributed by atoms with E-state index in [4.69, 9.17) is 5.73 Å². The molecule has 1 aromatic rings. The van der Waals surface area contributed by atoms with Crippen LogP contribution in [-0.2, 0) is 14.8 Å². The van der Waals surface area contributed by atoms with Crippen LogP contribution in [0, 0.1) is 0 Å². The fourth-order valence-electron chi connectivity index (χ4n) is 1.82. The molecule has 1 aromatic carbocycles. The second kappa shape index (κ2) is 5.32. The number of nitrogens with zero attached hydrogens (tertiary/aromatic N) is 2. The number of hydrogen-bond acceptors (Lipinski definition) is 4. The zero-order chi connectivity index (χ0) is 14.9. The highest BCUT2D eigenvalue weighted by Gasteiger charge is 2.41. The van der Waals surface area contributed by atoms with E-state index in [1.54, 1.807) is 38.4 Å². The largest absolute Gasteiger partial charge is 0.399 e. The first kappa shape index (κ1) is 14.6. The van der Waals surface area contributed by atoms with E-state index in [9.17, 15) is 13.2 Å². The zero-order valence-electron chi connectivity index (χ0n) is 11.6. The molecule has 1 amide bonds. The molecular weight excluding hydrogens is 278 g/mol. The minimum absolute atomic E-state index is 0.199. The van der Waals surface area contributed by atoms with Crippen molar-refractivity contribution < 1.29 is 13.2 Å². The molecule has 1 fully saturated rings. The SMILES string of the molecule is CN(C)C(=O)CN(c1cccc(N)c1)S(=O)(=O)C1CC1. The first-order chi connectivity index (χ1) is 9.32. The molecule has 20 heavy (non-hydrogen) atoms. The number of amides is 1. The van der Waals surface area contributed by atoms with E-state index in [2.05, 4.69) is 0 Å². The van der Waals surface area contributed by atoms with Crippen LogP contribution in [0.5, 0.6) is 0 Å². The minimum Gasteiger partial charge on any atom is -0.399 e. The Morgan fingerprint density at radius 1 is 1.35 bits per heavy atom. The molecule has 0 spiro atoms. The number of anilines is 2. The Bertz CT molecular complexity index is 609. The van der Waals surface area contributed by atoms with Crippen LogP contribution < -0.4 is 10.0 Å². The third-order valence-corrected chi connectivity index (χ3v) is 5.46. The van der Waals surface area contributed by atoms with Gasteiger partial charge in [-0.3, -0.25) is 9.10 Å². The molecule has 0 radical (unpaired) electrons. The van der Waals surface area contributed by atoms with Gasteiger partial charge in [0.15, 0.2) is 0 Å². The lowest BCUT2D eigenvalue weighted by Gasteiger charge is -2.25. The van der Waals surface area contributed by atoms with Crippen molar-refractivity contribution in [1.29, 1.82) is 0 Å². The van der Waals surface area contributed by atoms with Crippen molar-refractivity contribution in [2.75, 3.05) is 30.7 Å². The first-order valence-electron chi connectivity index (χ1n) is 6.39. The van der Waals surface area contributed by atoms with E-state index in [-0.39, 0.29) is 17.7 Å². The highest BCUT2D eigenvalue weighted by molar-refractivity contribution is 7.93. The van der Waals surface area contributed by atoms with Gasteiger partial charge in [0.25, 0.3) is 0 Å². The van der Waals surface area contributed by atoms with E-state index < -0.39 is 10.0 Å². The number of benzene rings is 1. The lowest BCUT2D eigenvalue weighted by atomic mass is 10.3. The number of carbonyl (C=O) groups excluding carboxylic acids is 1. The third kappa shape index (κ3) is 3.04. The van der Waals surface area contributed by atoms with Gasteiger partial charge >= 0.3 is 0 Å². The zero-order valence-corrected chi connectivity index (χ0v) is 12.4. The highest BCUT2D eigenvalue weighted by atomic mass is 32.2. The summed E-state index contributed by atoms with van der Waals surface area (Å²) in [5, 5.41) is -0.376. The van der Waals surface area contributed by atoms with Crippen LogP contribution in [0.25, 0.3) is 0 Å². The second-order valence-corrected chi connectivity index (χ2v) is 7.27. The maximum absolute atomic E-state index is 12.5. The van der Waals surface area contributed by atoms with Gasteiger partial charge in [-0.25, -0.2) is 8.42 Å². The predicted molar refractivity (Wildman–Crippen MR) is 78.8 cm³/mol. The Kier molecular flexibility index (Phi) is 3.89. The third-order valence-electron chi connectivity index (χ3n) is 3.19. The molecule has 0 saturated heterocycles. The molecule has 0 atom stereocenters. The van der Waals surface area contributed by atoms with E-state index in [1.165, 1.54) is 9.21 Å². The Labute approximate surface area is 119 Å². The average Bonchev–Trinajstić information content (AvgIpc) is 3.19. The van der Waals surface area contributed by atoms with Crippen LogP contribution in [0.3, 0.4) is 0 Å². The van der Waals surface area contributed by atoms with Gasteiger partial charge in [-0.1, -0.05) is 6.07 Å². The topological polar surface area (TPSA) is 83.7 Å². The van der Waals surface area contributed by atoms with E-state index >= 15 is 0 Å². The van der Waals surface area contributed by atoms with Gasteiger partial charge in [-0.15, -0.1) is 0 Å². The van der Waals surface area contributed by atoms with Gasteiger partial charge in [-0.05, 0) is 31.0 Å². The highest BCUT2D eigenvalue weighted by Crippen LogP contribution is 2.34. The summed E-state index contributed by atoms with van der Waals surface area (Å²) in [4.78, 5) is 13.3. The average molecular weight is 297 g/mol. The van der Waals surface area contributed by atoms with Crippen molar-refractivity contribution >= 4 is 27.3 Å². The molecule has 0 aromatic heterocycles. The Balaban J connectivity index is 2.36. The smallest absolute Gasteiger partial charge is 0.242 e. The number of nitrogens with two attached hydrogens (primary N) is 1. The molecule has 0 aliphatic heterocycles. The standard InChI is InChI=1S/C13H19N3O3S/c1-15(2)13(17)9-16(20(18,19)12-6-7-12)11-5-3-4-10(14)8-11/h3-5,8,12H,6-7,9,14H2,1-2H3. The van der Waals surface area contributed by atoms with E-state index in [1.807, 2.05) is 0 Å². The van der Waals surface area contributed by atoms with Crippen molar-refractivity contribution in [2.45, 2.75) is 18.1 Å². The summed E-state index contributed by atoms with van der Waals surface area (Å²) in [6.07, 6.45) is 1.30. The van der Waals surface area contributed by atoms with E-state index in [0.29, 0.717) is 24.2 Å². The van der Waals surface area contributed by atoms with Crippen molar-refractivity contribution in [3.05, 3.63) is 24.3 Å². The number of likely N-dealkylation sites (N-methyl/N-ethyl adjacent to an activating group) is 1. The first-order valence-corrected chi connectivity index (χ1v) is 7.90. The summed E-state index contributed by atoms with van der Waals surface area (Å²) >= 11 is 0. The summed E-state index contributed by atoms with van der Waals surface area (Å²) in [6, 6.07) is 6.58. The number of rotatable bonds is 5. The molecule has 2 rings (SSSR count). The molecule has 0 heterocycles. The molecule has 110 valence electrons. The van der Waals surface area contributed by atoms with Crippen LogP contribution in [0.1, 0.15) is 12.8 Å². The summed E-state index contributed by atoms with van der Waals surface area (Å²) < 4.78 is 26.1. The molecule has 2 N–H and O–H groups in total. The van der Waals surface area contributed by atoms with Gasteiger partial charge in [0.05, 0.1) is 10.9 Å². The van der Waals surface area contributed by atoms with Gasteiger partial charge in [0.2, 0.25) is 15.9 Å². The van der Waals surface area contributed by atoms with Gasteiger partial charge in [0, 0.05) is 19.8 Å². The van der Waals surface area contributed by atoms with Crippen molar-refractivity contribution in [2.24, 2.45) is 0 Å². The predicted octanol–water partition coefficient (Wildman–Crippen LogP) is 0.656. The lowest BCUT2D eigenvalue weighted by Crippen LogP contribution is -2.41. The number of nitrogen functional groups attached to an aromatic ring is 1.